The molecule has 6 heteroatoms. The van der Waals surface area contributed by atoms with Crippen LogP contribution in [0.2, 0.25) is 0 Å². The van der Waals surface area contributed by atoms with Crippen molar-refractivity contribution in [1.82, 2.24) is 5.32 Å². The number of halogens is 1. The second kappa shape index (κ2) is 9.88. The number of hydrogen-bond acceptors (Lipinski definition) is 4. The van der Waals surface area contributed by atoms with Gasteiger partial charge in [0.05, 0.1) is 12.1 Å². The molecule has 0 atom stereocenters. The van der Waals surface area contributed by atoms with E-state index in [0.29, 0.717) is 39.2 Å². The highest BCUT2D eigenvalue weighted by atomic mass is 35.5. The molecule has 0 unspecified atom stereocenters. The Kier molecular flexibility index (Phi) is 8.55. The van der Waals surface area contributed by atoms with E-state index in [9.17, 15) is 4.79 Å². The summed E-state index contributed by atoms with van der Waals surface area (Å²) in [6.07, 6.45) is 2.14. The highest BCUT2D eigenvalue weighted by Gasteiger charge is 2.35. The summed E-state index contributed by atoms with van der Waals surface area (Å²) >= 11 is 0. The van der Waals surface area contributed by atoms with Gasteiger partial charge in [0.2, 0.25) is 5.91 Å². The van der Waals surface area contributed by atoms with Crippen molar-refractivity contribution in [2.24, 2.45) is 5.73 Å². The quantitative estimate of drug-likeness (QED) is 0.745. The van der Waals surface area contributed by atoms with E-state index in [-0.39, 0.29) is 18.3 Å². The van der Waals surface area contributed by atoms with Crippen LogP contribution in [0, 0.1) is 0 Å². The molecule has 0 aromatic heterocycles. The summed E-state index contributed by atoms with van der Waals surface area (Å²) in [6.45, 7) is 4.97. The summed E-state index contributed by atoms with van der Waals surface area (Å²) in [5, 5.41) is 2.96. The number of nitrogens with two attached hydrogens (primary N) is 1. The van der Waals surface area contributed by atoms with Crippen molar-refractivity contribution < 1.29 is 14.3 Å². The number of carbonyl (C=O) groups is 1. The van der Waals surface area contributed by atoms with E-state index >= 15 is 0 Å². The van der Waals surface area contributed by atoms with Crippen molar-refractivity contribution in [3.63, 3.8) is 0 Å². The van der Waals surface area contributed by atoms with Gasteiger partial charge in [0.25, 0.3) is 0 Å². The van der Waals surface area contributed by atoms with Gasteiger partial charge in [0, 0.05) is 26.4 Å². The minimum absolute atomic E-state index is 0. The van der Waals surface area contributed by atoms with Crippen LogP contribution in [0.5, 0.6) is 0 Å². The minimum atomic E-state index is -0.800. The SMILES string of the molecule is CCCOCc1ccccc1CNC(=O)C1(N)CCOCC1.Cl. The summed E-state index contributed by atoms with van der Waals surface area (Å²) in [6, 6.07) is 8.00. The van der Waals surface area contributed by atoms with Gasteiger partial charge in [-0.05, 0) is 30.4 Å². The third-order valence-corrected chi connectivity index (χ3v) is 4.00. The minimum Gasteiger partial charge on any atom is -0.381 e. The van der Waals surface area contributed by atoms with E-state index in [2.05, 4.69) is 12.2 Å². The smallest absolute Gasteiger partial charge is 0.240 e. The molecule has 0 radical (unpaired) electrons. The summed E-state index contributed by atoms with van der Waals surface area (Å²) in [5.74, 6) is -0.0971. The van der Waals surface area contributed by atoms with Crippen LogP contribution in [0.15, 0.2) is 24.3 Å². The number of carbonyl (C=O) groups excluding carboxylic acids is 1. The van der Waals surface area contributed by atoms with E-state index in [0.717, 1.165) is 24.2 Å². The van der Waals surface area contributed by atoms with Crippen molar-refractivity contribution in [1.29, 1.82) is 0 Å². The summed E-state index contributed by atoms with van der Waals surface area (Å²) in [4.78, 5) is 12.3. The lowest BCUT2D eigenvalue weighted by molar-refractivity contribution is -0.129. The molecule has 2 rings (SSSR count). The standard InChI is InChI=1S/C17H26N2O3.ClH/c1-2-9-22-13-15-6-4-3-5-14(15)12-19-16(20)17(18)7-10-21-11-8-17;/h3-6H,2,7-13,18H2,1H3,(H,19,20);1H. The van der Waals surface area contributed by atoms with Gasteiger partial charge in [-0.25, -0.2) is 0 Å². The molecule has 0 saturated carbocycles. The number of hydrogen-bond donors (Lipinski definition) is 2. The number of rotatable bonds is 7. The average Bonchev–Trinajstić information content (AvgIpc) is 2.54. The molecule has 1 aliphatic heterocycles. The molecule has 130 valence electrons. The first-order valence-electron chi connectivity index (χ1n) is 7.95. The maximum atomic E-state index is 12.3. The Morgan fingerprint density at radius 3 is 2.61 bits per heavy atom. The van der Waals surface area contributed by atoms with Crippen LogP contribution in [0.25, 0.3) is 0 Å². The number of ether oxygens (including phenoxy) is 2. The normalized spacial score (nSPS) is 16.4. The molecule has 3 N–H and O–H groups in total. The lowest BCUT2D eigenvalue weighted by Gasteiger charge is -2.31. The highest BCUT2D eigenvalue weighted by molar-refractivity contribution is 5.86. The monoisotopic (exact) mass is 342 g/mol. The van der Waals surface area contributed by atoms with Crippen molar-refractivity contribution in [2.75, 3.05) is 19.8 Å². The first-order valence-corrected chi connectivity index (χ1v) is 7.95. The Balaban J connectivity index is 0.00000264. The Hall–Kier alpha value is -1.14. The van der Waals surface area contributed by atoms with Crippen LogP contribution < -0.4 is 11.1 Å². The van der Waals surface area contributed by atoms with Crippen LogP contribution in [-0.2, 0) is 27.4 Å². The zero-order valence-corrected chi connectivity index (χ0v) is 14.5. The zero-order chi connectivity index (χ0) is 15.8. The average molecular weight is 343 g/mol. The molecule has 0 aliphatic carbocycles. The molecule has 1 aromatic rings. The molecule has 0 bridgehead atoms. The van der Waals surface area contributed by atoms with E-state index < -0.39 is 5.54 Å². The Morgan fingerprint density at radius 2 is 1.96 bits per heavy atom. The molecule has 5 nitrogen and oxygen atoms in total. The molecule has 1 saturated heterocycles. The summed E-state index contributed by atoms with van der Waals surface area (Å²) < 4.78 is 10.9. The van der Waals surface area contributed by atoms with Gasteiger partial charge in [0.1, 0.15) is 0 Å². The number of amides is 1. The van der Waals surface area contributed by atoms with Gasteiger partial charge < -0.3 is 20.5 Å². The van der Waals surface area contributed by atoms with Crippen LogP contribution in [0.4, 0.5) is 0 Å². The van der Waals surface area contributed by atoms with Crippen LogP contribution in [0.3, 0.4) is 0 Å². The van der Waals surface area contributed by atoms with Gasteiger partial charge in [-0.3, -0.25) is 4.79 Å². The molecule has 1 aliphatic rings. The molecule has 0 spiro atoms. The number of nitrogens with one attached hydrogen (secondary N) is 1. The molecular weight excluding hydrogens is 316 g/mol. The first-order chi connectivity index (χ1) is 10.7. The van der Waals surface area contributed by atoms with Crippen LogP contribution in [-0.4, -0.2) is 31.3 Å². The van der Waals surface area contributed by atoms with E-state index in [1.54, 1.807) is 0 Å². The second-order valence-electron chi connectivity index (χ2n) is 5.77. The van der Waals surface area contributed by atoms with Gasteiger partial charge in [-0.2, -0.15) is 0 Å². The maximum Gasteiger partial charge on any atom is 0.240 e. The lowest BCUT2D eigenvalue weighted by atomic mass is 9.90. The summed E-state index contributed by atoms with van der Waals surface area (Å²) in [7, 11) is 0. The molecule has 1 heterocycles. The van der Waals surface area contributed by atoms with Gasteiger partial charge in [-0.15, -0.1) is 12.4 Å². The van der Waals surface area contributed by atoms with Crippen molar-refractivity contribution in [3.05, 3.63) is 35.4 Å². The van der Waals surface area contributed by atoms with E-state index in [1.807, 2.05) is 24.3 Å². The fraction of sp³-hybridized carbons (Fsp3) is 0.588. The molecule has 1 amide bonds. The second-order valence-corrected chi connectivity index (χ2v) is 5.77. The van der Waals surface area contributed by atoms with E-state index in [4.69, 9.17) is 15.2 Å². The maximum absolute atomic E-state index is 12.3. The largest absolute Gasteiger partial charge is 0.381 e. The molecule has 23 heavy (non-hydrogen) atoms. The summed E-state index contributed by atoms with van der Waals surface area (Å²) in [5.41, 5.74) is 7.56. The third-order valence-electron chi connectivity index (χ3n) is 4.00. The predicted molar refractivity (Wildman–Crippen MR) is 92.5 cm³/mol. The number of benzene rings is 1. The molecule has 1 fully saturated rings. The van der Waals surface area contributed by atoms with Crippen molar-refractivity contribution in [3.8, 4) is 0 Å². The Morgan fingerprint density at radius 1 is 1.30 bits per heavy atom. The topological polar surface area (TPSA) is 73.6 Å². The fourth-order valence-electron chi connectivity index (χ4n) is 2.51. The predicted octanol–water partition coefficient (Wildman–Crippen LogP) is 2.16. The lowest BCUT2D eigenvalue weighted by Crippen LogP contribution is -2.56. The van der Waals surface area contributed by atoms with Crippen LogP contribution in [0.1, 0.15) is 37.3 Å². The molecule has 1 aromatic carbocycles. The van der Waals surface area contributed by atoms with Gasteiger partial charge in [-0.1, -0.05) is 31.2 Å². The van der Waals surface area contributed by atoms with Crippen molar-refractivity contribution >= 4 is 18.3 Å². The Labute approximate surface area is 144 Å². The van der Waals surface area contributed by atoms with Gasteiger partial charge >= 0.3 is 0 Å². The third kappa shape index (κ3) is 5.77. The van der Waals surface area contributed by atoms with Crippen molar-refractivity contribution in [2.45, 2.75) is 44.9 Å². The highest BCUT2D eigenvalue weighted by Crippen LogP contribution is 2.18. The van der Waals surface area contributed by atoms with Crippen LogP contribution >= 0.6 is 12.4 Å². The van der Waals surface area contributed by atoms with E-state index in [1.165, 1.54) is 0 Å². The first kappa shape index (κ1) is 19.9. The Bertz CT molecular complexity index is 490. The van der Waals surface area contributed by atoms with Gasteiger partial charge in [0.15, 0.2) is 0 Å². The fourth-order valence-corrected chi connectivity index (χ4v) is 2.51. The zero-order valence-electron chi connectivity index (χ0n) is 13.7. The molecular formula is C17H27ClN2O3.